The Labute approximate surface area is 117 Å². The average molecular weight is 301 g/mol. The molecule has 0 atom stereocenters. The molecule has 0 spiro atoms. The van der Waals surface area contributed by atoms with Crippen LogP contribution in [0.4, 0.5) is 0 Å². The van der Waals surface area contributed by atoms with Gasteiger partial charge in [0.25, 0.3) is 0 Å². The van der Waals surface area contributed by atoms with E-state index < -0.39 is 10.0 Å². The standard InChI is InChI=1S/C12H19NO4SSi/c1-3-16-12(17-4-2)19-10-13-18(14,15)11-8-6-5-7-9-11/h5-9,12-13H,3-4,10H2,1-2H3. The molecule has 0 aliphatic carbocycles. The fourth-order valence-corrected chi connectivity index (χ4v) is 3.88. The lowest BCUT2D eigenvalue weighted by Gasteiger charge is -2.16. The monoisotopic (exact) mass is 301 g/mol. The predicted molar refractivity (Wildman–Crippen MR) is 74.4 cm³/mol. The zero-order valence-electron chi connectivity index (χ0n) is 11.1. The first-order valence-electron chi connectivity index (χ1n) is 6.11. The van der Waals surface area contributed by atoms with Crippen LogP contribution < -0.4 is 4.72 Å². The van der Waals surface area contributed by atoms with Crippen LogP contribution in [-0.2, 0) is 19.5 Å². The molecular formula is C12H19NO4SSi. The number of rotatable bonds is 9. The van der Waals surface area contributed by atoms with E-state index in [2.05, 4.69) is 4.72 Å². The van der Waals surface area contributed by atoms with Crippen molar-refractivity contribution in [2.45, 2.75) is 24.7 Å². The Balaban J connectivity index is 2.47. The van der Waals surface area contributed by atoms with Crippen LogP contribution in [0.15, 0.2) is 35.2 Å². The van der Waals surface area contributed by atoms with Gasteiger partial charge in [-0.25, -0.2) is 13.1 Å². The second-order valence-corrected chi connectivity index (χ2v) is 6.58. The van der Waals surface area contributed by atoms with E-state index in [4.69, 9.17) is 9.47 Å². The van der Waals surface area contributed by atoms with Crippen molar-refractivity contribution in [2.24, 2.45) is 0 Å². The van der Waals surface area contributed by atoms with Gasteiger partial charge in [-0.3, -0.25) is 0 Å². The van der Waals surface area contributed by atoms with Gasteiger partial charge < -0.3 is 9.47 Å². The summed E-state index contributed by atoms with van der Waals surface area (Å²) in [5, 5.41) is 0. The van der Waals surface area contributed by atoms with E-state index in [0.29, 0.717) is 19.4 Å². The van der Waals surface area contributed by atoms with Gasteiger partial charge in [0.05, 0.1) is 4.90 Å². The molecule has 0 amide bonds. The summed E-state index contributed by atoms with van der Waals surface area (Å²) in [6, 6.07) is 8.29. The number of hydrogen-bond acceptors (Lipinski definition) is 4. The minimum absolute atomic E-state index is 0.221. The van der Waals surface area contributed by atoms with Gasteiger partial charge in [-0.05, 0) is 26.0 Å². The summed E-state index contributed by atoms with van der Waals surface area (Å²) in [5.74, 6) is -0.339. The molecule has 1 aromatic rings. The number of nitrogens with one attached hydrogen (secondary N) is 1. The lowest BCUT2D eigenvalue weighted by atomic mass is 10.4. The van der Waals surface area contributed by atoms with Crippen LogP contribution in [0.5, 0.6) is 0 Å². The molecule has 0 unspecified atom stereocenters. The van der Waals surface area contributed by atoms with Crippen molar-refractivity contribution < 1.29 is 17.9 Å². The molecule has 0 aliphatic heterocycles. The molecule has 0 aliphatic rings. The maximum Gasteiger partial charge on any atom is 0.240 e. The van der Waals surface area contributed by atoms with Crippen LogP contribution >= 0.6 is 0 Å². The van der Waals surface area contributed by atoms with Gasteiger partial charge in [0.15, 0.2) is 0 Å². The summed E-state index contributed by atoms with van der Waals surface area (Å²) in [6.45, 7) is 4.85. The van der Waals surface area contributed by atoms with E-state index in [1.807, 2.05) is 13.8 Å². The second-order valence-electron chi connectivity index (χ2n) is 3.58. The fourth-order valence-electron chi connectivity index (χ4n) is 1.37. The SMILES string of the molecule is CCOC(OCC)[Si]CNS(=O)(=O)c1ccccc1. The number of sulfonamides is 1. The zero-order valence-corrected chi connectivity index (χ0v) is 12.9. The minimum Gasteiger partial charge on any atom is -0.357 e. The Kier molecular flexibility index (Phi) is 7.25. The van der Waals surface area contributed by atoms with Gasteiger partial charge in [0.1, 0.15) is 15.4 Å². The highest BCUT2D eigenvalue weighted by Crippen LogP contribution is 2.06. The van der Waals surface area contributed by atoms with Crippen molar-refractivity contribution in [3.05, 3.63) is 30.3 Å². The molecule has 5 nitrogen and oxygen atoms in total. The lowest BCUT2D eigenvalue weighted by Crippen LogP contribution is -2.35. The summed E-state index contributed by atoms with van der Waals surface area (Å²) in [7, 11) is -3.22. The Hall–Kier alpha value is -0.733. The van der Waals surface area contributed by atoms with E-state index in [9.17, 15) is 8.42 Å². The quantitative estimate of drug-likeness (QED) is 0.545. The van der Waals surface area contributed by atoms with Gasteiger partial charge in [-0.1, -0.05) is 18.2 Å². The van der Waals surface area contributed by atoms with Crippen molar-refractivity contribution in [3.8, 4) is 0 Å². The number of ether oxygens (including phenoxy) is 2. The largest absolute Gasteiger partial charge is 0.357 e. The summed E-state index contributed by atoms with van der Waals surface area (Å²) >= 11 is 0. The molecule has 0 bridgehead atoms. The zero-order chi connectivity index (χ0) is 14.1. The number of benzene rings is 1. The molecule has 19 heavy (non-hydrogen) atoms. The van der Waals surface area contributed by atoms with Gasteiger partial charge in [0, 0.05) is 19.4 Å². The second kappa shape index (κ2) is 8.44. The third kappa shape index (κ3) is 5.83. The molecule has 0 saturated heterocycles. The highest BCUT2D eigenvalue weighted by Gasteiger charge is 2.15. The summed E-state index contributed by atoms with van der Waals surface area (Å²) in [4.78, 5) is 0.268. The summed E-state index contributed by atoms with van der Waals surface area (Å²) in [5.41, 5.74) is 0. The van der Waals surface area contributed by atoms with Crippen LogP contribution in [0, 0.1) is 0 Å². The van der Waals surface area contributed by atoms with Crippen molar-refractivity contribution in [2.75, 3.05) is 19.4 Å². The molecule has 0 heterocycles. The smallest absolute Gasteiger partial charge is 0.240 e. The third-order valence-electron chi connectivity index (χ3n) is 2.22. The first kappa shape index (κ1) is 16.3. The molecule has 0 aromatic heterocycles. The Bertz CT molecular complexity index is 446. The van der Waals surface area contributed by atoms with E-state index >= 15 is 0 Å². The topological polar surface area (TPSA) is 64.6 Å². The van der Waals surface area contributed by atoms with Crippen LogP contribution in [0.25, 0.3) is 0 Å². The maximum absolute atomic E-state index is 11.9. The minimum atomic E-state index is -3.44. The van der Waals surface area contributed by atoms with E-state index in [-0.39, 0.29) is 20.3 Å². The van der Waals surface area contributed by atoms with Crippen molar-refractivity contribution in [1.82, 2.24) is 4.72 Å². The first-order chi connectivity index (χ1) is 9.10. The maximum atomic E-state index is 11.9. The van der Waals surface area contributed by atoms with Gasteiger partial charge >= 0.3 is 0 Å². The van der Waals surface area contributed by atoms with Crippen molar-refractivity contribution in [1.29, 1.82) is 0 Å². The van der Waals surface area contributed by atoms with Gasteiger partial charge in [-0.2, -0.15) is 0 Å². The van der Waals surface area contributed by atoms with Gasteiger partial charge in [-0.15, -0.1) is 0 Å². The summed E-state index contributed by atoms with van der Waals surface area (Å²) < 4.78 is 37.1. The van der Waals surface area contributed by atoms with E-state index in [0.717, 1.165) is 0 Å². The lowest BCUT2D eigenvalue weighted by molar-refractivity contribution is -0.0827. The normalized spacial score (nSPS) is 11.9. The fraction of sp³-hybridized carbons (Fsp3) is 0.500. The number of hydrogen-bond donors (Lipinski definition) is 1. The predicted octanol–water partition coefficient (Wildman–Crippen LogP) is 0.983. The molecule has 0 fully saturated rings. The highest BCUT2D eigenvalue weighted by atomic mass is 32.2. The molecule has 0 saturated carbocycles. The molecule has 1 N–H and O–H groups in total. The van der Waals surface area contributed by atoms with E-state index in [1.165, 1.54) is 0 Å². The van der Waals surface area contributed by atoms with Crippen LogP contribution in [0.1, 0.15) is 13.8 Å². The molecule has 1 aromatic carbocycles. The molecule has 2 radical (unpaired) electrons. The van der Waals surface area contributed by atoms with Crippen molar-refractivity contribution >= 4 is 19.5 Å². The van der Waals surface area contributed by atoms with Crippen LogP contribution in [0.2, 0.25) is 0 Å². The Morgan fingerprint density at radius 3 is 2.26 bits per heavy atom. The van der Waals surface area contributed by atoms with Crippen molar-refractivity contribution in [3.63, 3.8) is 0 Å². The third-order valence-corrected chi connectivity index (χ3v) is 4.94. The Morgan fingerprint density at radius 1 is 1.16 bits per heavy atom. The van der Waals surface area contributed by atoms with Crippen LogP contribution in [-0.4, -0.2) is 43.2 Å². The summed E-state index contributed by atoms with van der Waals surface area (Å²) in [6.07, 6.45) is 0.307. The van der Waals surface area contributed by atoms with Crippen LogP contribution in [0.3, 0.4) is 0 Å². The molecular weight excluding hydrogens is 282 g/mol. The Morgan fingerprint density at radius 2 is 1.74 bits per heavy atom. The molecule has 106 valence electrons. The first-order valence-corrected chi connectivity index (χ1v) is 8.88. The molecule has 7 heteroatoms. The van der Waals surface area contributed by atoms with E-state index in [1.54, 1.807) is 30.3 Å². The highest BCUT2D eigenvalue weighted by molar-refractivity contribution is 7.89. The molecule has 1 rings (SSSR count). The van der Waals surface area contributed by atoms with Gasteiger partial charge in [0.2, 0.25) is 10.0 Å². The average Bonchev–Trinajstić information content (AvgIpc) is 2.40.